The molecule has 0 bridgehead atoms. The van der Waals surface area contributed by atoms with Crippen molar-refractivity contribution in [2.24, 2.45) is 0 Å². The normalized spacial score (nSPS) is 11.4. The van der Waals surface area contributed by atoms with Crippen molar-refractivity contribution in [2.45, 2.75) is 0 Å². The fraction of sp³-hybridized carbons (Fsp3) is 0. The highest BCUT2D eigenvalue weighted by molar-refractivity contribution is 6.26. The SMILES string of the molecule is c1ccc(N(c2ccccc2)c2cc3ccc4cc(N(c5ccccc5)c5ccccc5)cc5c4c3c(c2)n5-c2cccc(-c3ccccn3)c2)cc1. The van der Waals surface area contributed by atoms with Gasteiger partial charge in [0.05, 0.1) is 16.7 Å². The Balaban J connectivity index is 1.29. The molecule has 0 aliphatic carbocycles. The van der Waals surface area contributed by atoms with Crippen LogP contribution in [0.15, 0.2) is 206 Å². The minimum absolute atomic E-state index is 0.947. The van der Waals surface area contributed by atoms with Crippen LogP contribution in [0, 0.1) is 0 Å². The topological polar surface area (TPSA) is 24.3 Å². The first-order valence-corrected chi connectivity index (χ1v) is 18.0. The van der Waals surface area contributed by atoms with E-state index in [1.807, 2.05) is 18.3 Å². The lowest BCUT2D eigenvalue weighted by molar-refractivity contribution is 1.17. The lowest BCUT2D eigenvalue weighted by Crippen LogP contribution is -2.10. The predicted molar refractivity (Wildman–Crippen MR) is 222 cm³/mol. The van der Waals surface area contributed by atoms with E-state index in [1.54, 1.807) is 0 Å². The van der Waals surface area contributed by atoms with Gasteiger partial charge in [0.15, 0.2) is 0 Å². The molecule has 10 aromatic rings. The molecule has 10 rings (SSSR count). The third-order valence-electron chi connectivity index (χ3n) is 10.1. The Hall–Kier alpha value is -7.17. The minimum Gasteiger partial charge on any atom is -0.310 e. The van der Waals surface area contributed by atoms with Gasteiger partial charge in [-0.15, -0.1) is 0 Å². The summed E-state index contributed by atoms with van der Waals surface area (Å²) in [5, 5.41) is 4.90. The number of aromatic nitrogens is 2. The van der Waals surface area contributed by atoms with Gasteiger partial charge in [-0.25, -0.2) is 0 Å². The average molecular weight is 679 g/mol. The van der Waals surface area contributed by atoms with Crippen LogP contribution in [0.5, 0.6) is 0 Å². The number of nitrogens with zero attached hydrogens (tertiary/aromatic N) is 4. The molecule has 0 amide bonds. The Morgan fingerprint density at radius 3 is 1.25 bits per heavy atom. The van der Waals surface area contributed by atoms with Gasteiger partial charge < -0.3 is 14.4 Å². The molecule has 0 aliphatic heterocycles. The number of anilines is 6. The zero-order chi connectivity index (χ0) is 35.1. The molecule has 2 heterocycles. The monoisotopic (exact) mass is 678 g/mol. The second-order valence-corrected chi connectivity index (χ2v) is 13.3. The standard InChI is InChI=1S/C49H34N4/c1-5-17-38(18-6-1)51(39-19-7-2-8-20-39)43-31-36-27-28-37-32-44(52(40-21-9-3-10-22-40)41-23-11-4-12-24-41)34-47-49(37)48(36)46(33-43)53(47)42-25-15-16-35(30-42)45-26-13-14-29-50-45/h1-34H. The van der Waals surface area contributed by atoms with Crippen molar-refractivity contribution in [3.05, 3.63) is 206 Å². The summed E-state index contributed by atoms with van der Waals surface area (Å²) in [4.78, 5) is 9.41. The van der Waals surface area contributed by atoms with Gasteiger partial charge in [-0.05, 0) is 108 Å². The molecular weight excluding hydrogens is 645 g/mol. The molecule has 53 heavy (non-hydrogen) atoms. The summed E-state index contributed by atoms with van der Waals surface area (Å²) < 4.78 is 2.45. The molecule has 0 atom stereocenters. The van der Waals surface area contributed by atoms with Gasteiger partial charge in [0.1, 0.15) is 0 Å². The first kappa shape index (κ1) is 30.6. The van der Waals surface area contributed by atoms with E-state index < -0.39 is 0 Å². The van der Waals surface area contributed by atoms with E-state index in [9.17, 15) is 0 Å². The van der Waals surface area contributed by atoms with E-state index >= 15 is 0 Å². The maximum Gasteiger partial charge on any atom is 0.0702 e. The highest BCUT2D eigenvalue weighted by Crippen LogP contribution is 2.46. The molecule has 0 unspecified atom stereocenters. The molecule has 0 aliphatic rings. The van der Waals surface area contributed by atoms with Crippen molar-refractivity contribution in [1.82, 2.24) is 9.55 Å². The minimum atomic E-state index is 0.947. The Labute approximate surface area is 308 Å². The van der Waals surface area contributed by atoms with Crippen LogP contribution in [0.2, 0.25) is 0 Å². The molecule has 2 aromatic heterocycles. The van der Waals surface area contributed by atoms with Crippen LogP contribution in [0.1, 0.15) is 0 Å². The number of benzene rings is 8. The second-order valence-electron chi connectivity index (χ2n) is 13.3. The van der Waals surface area contributed by atoms with Crippen molar-refractivity contribution < 1.29 is 0 Å². The van der Waals surface area contributed by atoms with E-state index in [-0.39, 0.29) is 0 Å². The maximum absolute atomic E-state index is 4.71. The molecule has 8 aromatic carbocycles. The number of rotatable bonds is 8. The molecule has 250 valence electrons. The summed E-state index contributed by atoms with van der Waals surface area (Å²) in [6.07, 6.45) is 1.86. The van der Waals surface area contributed by atoms with E-state index in [0.717, 1.165) is 62.1 Å². The van der Waals surface area contributed by atoms with Gasteiger partial charge in [0, 0.05) is 62.3 Å². The Bertz CT molecular complexity index is 2580. The Morgan fingerprint density at radius 2 is 0.811 bits per heavy atom. The van der Waals surface area contributed by atoms with E-state index in [2.05, 4.69) is 202 Å². The van der Waals surface area contributed by atoms with Crippen LogP contribution in [0.4, 0.5) is 34.1 Å². The lowest BCUT2D eigenvalue weighted by Gasteiger charge is -2.26. The third kappa shape index (κ3) is 5.36. The number of hydrogen-bond acceptors (Lipinski definition) is 3. The highest BCUT2D eigenvalue weighted by atomic mass is 15.2. The van der Waals surface area contributed by atoms with E-state index in [0.29, 0.717) is 0 Å². The van der Waals surface area contributed by atoms with E-state index in [1.165, 1.54) is 21.5 Å². The molecule has 0 radical (unpaired) electrons. The number of hydrogen-bond donors (Lipinski definition) is 0. The van der Waals surface area contributed by atoms with Crippen LogP contribution < -0.4 is 9.80 Å². The fourth-order valence-corrected chi connectivity index (χ4v) is 7.81. The van der Waals surface area contributed by atoms with Gasteiger partial charge in [-0.2, -0.15) is 0 Å². The van der Waals surface area contributed by atoms with Crippen molar-refractivity contribution in [3.8, 4) is 16.9 Å². The van der Waals surface area contributed by atoms with Gasteiger partial charge in [-0.3, -0.25) is 4.98 Å². The molecule has 0 fully saturated rings. The lowest BCUT2D eigenvalue weighted by atomic mass is 10.00. The number of para-hydroxylation sites is 4. The second kappa shape index (κ2) is 12.9. The fourth-order valence-electron chi connectivity index (χ4n) is 7.81. The third-order valence-corrected chi connectivity index (χ3v) is 10.1. The summed E-state index contributed by atoms with van der Waals surface area (Å²) in [7, 11) is 0. The molecule has 4 nitrogen and oxygen atoms in total. The van der Waals surface area contributed by atoms with Gasteiger partial charge >= 0.3 is 0 Å². The Kier molecular flexibility index (Phi) is 7.43. The highest BCUT2D eigenvalue weighted by Gasteiger charge is 2.23. The van der Waals surface area contributed by atoms with Crippen LogP contribution in [-0.4, -0.2) is 9.55 Å². The molecule has 0 saturated heterocycles. The average Bonchev–Trinajstić information content (AvgIpc) is 3.56. The van der Waals surface area contributed by atoms with Crippen LogP contribution in [-0.2, 0) is 0 Å². The molecule has 0 spiro atoms. The summed E-state index contributed by atoms with van der Waals surface area (Å²) in [5.74, 6) is 0. The molecule has 4 heteroatoms. The van der Waals surface area contributed by atoms with Gasteiger partial charge in [-0.1, -0.05) is 103 Å². The first-order chi connectivity index (χ1) is 26.3. The van der Waals surface area contributed by atoms with Crippen molar-refractivity contribution in [1.29, 1.82) is 0 Å². The Morgan fingerprint density at radius 1 is 0.358 bits per heavy atom. The molecular formula is C49H34N4. The van der Waals surface area contributed by atoms with Crippen molar-refractivity contribution >= 4 is 66.7 Å². The van der Waals surface area contributed by atoms with Crippen molar-refractivity contribution in [2.75, 3.05) is 9.80 Å². The molecule has 0 N–H and O–H groups in total. The summed E-state index contributed by atoms with van der Waals surface area (Å²) >= 11 is 0. The summed E-state index contributed by atoms with van der Waals surface area (Å²) in [6.45, 7) is 0. The zero-order valence-electron chi connectivity index (χ0n) is 28.9. The van der Waals surface area contributed by atoms with Crippen molar-refractivity contribution in [3.63, 3.8) is 0 Å². The predicted octanol–water partition coefficient (Wildman–Crippen LogP) is 13.4. The van der Waals surface area contributed by atoms with Crippen LogP contribution in [0.25, 0.3) is 49.5 Å². The zero-order valence-corrected chi connectivity index (χ0v) is 28.9. The van der Waals surface area contributed by atoms with Gasteiger partial charge in [0.25, 0.3) is 0 Å². The molecule has 0 saturated carbocycles. The van der Waals surface area contributed by atoms with Crippen LogP contribution >= 0.6 is 0 Å². The first-order valence-electron chi connectivity index (χ1n) is 18.0. The quantitative estimate of drug-likeness (QED) is 0.150. The smallest absolute Gasteiger partial charge is 0.0702 e. The largest absolute Gasteiger partial charge is 0.310 e. The van der Waals surface area contributed by atoms with Gasteiger partial charge in [0.2, 0.25) is 0 Å². The summed E-state index contributed by atoms with van der Waals surface area (Å²) in [5.41, 5.74) is 12.0. The van der Waals surface area contributed by atoms with Crippen LogP contribution in [0.3, 0.4) is 0 Å². The maximum atomic E-state index is 4.71. The number of pyridine rings is 1. The summed E-state index contributed by atoms with van der Waals surface area (Å²) in [6, 6.07) is 71.4. The van der Waals surface area contributed by atoms with E-state index in [4.69, 9.17) is 4.98 Å².